The van der Waals surface area contributed by atoms with Crippen molar-refractivity contribution >= 4 is 5.91 Å². The van der Waals surface area contributed by atoms with Crippen molar-refractivity contribution in [1.29, 1.82) is 0 Å². The molecule has 0 saturated heterocycles. The molecule has 2 aromatic carbocycles. The Kier molecular flexibility index (Phi) is 7.06. The topological polar surface area (TPSA) is 78.3 Å². The Morgan fingerprint density at radius 2 is 1.87 bits per heavy atom. The molecule has 0 fully saturated rings. The molecule has 0 spiro atoms. The minimum Gasteiger partial charge on any atom is -0.493 e. The van der Waals surface area contributed by atoms with Crippen LogP contribution in [-0.2, 0) is 0 Å². The summed E-state index contributed by atoms with van der Waals surface area (Å²) >= 11 is 0. The summed E-state index contributed by atoms with van der Waals surface area (Å²) in [7, 11) is 1.58. The zero-order valence-electron chi connectivity index (χ0n) is 17.8. The second-order valence-electron chi connectivity index (χ2n) is 7.52. The molecule has 3 aromatic rings. The highest BCUT2D eigenvalue weighted by Crippen LogP contribution is 2.28. The summed E-state index contributed by atoms with van der Waals surface area (Å²) in [5, 5.41) is 7.14. The molecule has 1 unspecified atom stereocenters. The minimum atomic E-state index is -0.171. The summed E-state index contributed by atoms with van der Waals surface area (Å²) < 4.78 is 12.9. The van der Waals surface area contributed by atoms with E-state index in [2.05, 4.69) is 29.2 Å². The molecule has 30 heavy (non-hydrogen) atoms. The van der Waals surface area contributed by atoms with E-state index in [9.17, 15) is 4.79 Å². The summed E-state index contributed by atoms with van der Waals surface area (Å²) in [5.41, 5.74) is 2.43. The van der Waals surface area contributed by atoms with Crippen LogP contribution in [0.1, 0.15) is 49.2 Å². The maximum Gasteiger partial charge on any atom is 0.251 e. The van der Waals surface area contributed by atoms with Gasteiger partial charge >= 0.3 is 0 Å². The summed E-state index contributed by atoms with van der Waals surface area (Å²) in [4.78, 5) is 16.7. The van der Waals surface area contributed by atoms with Crippen molar-refractivity contribution in [2.75, 3.05) is 13.7 Å². The van der Waals surface area contributed by atoms with Gasteiger partial charge in [-0.3, -0.25) is 4.79 Å². The van der Waals surface area contributed by atoms with Gasteiger partial charge in [-0.1, -0.05) is 26.0 Å². The Labute approximate surface area is 177 Å². The van der Waals surface area contributed by atoms with Crippen molar-refractivity contribution in [3.63, 3.8) is 0 Å². The Hall–Kier alpha value is -3.35. The van der Waals surface area contributed by atoms with Crippen molar-refractivity contribution < 1.29 is 14.3 Å². The molecule has 0 bridgehead atoms. The number of nitrogens with one attached hydrogen (secondary N) is 1. The minimum absolute atomic E-state index is 0.157. The number of aromatic nitrogens is 3. The van der Waals surface area contributed by atoms with Gasteiger partial charge in [0.25, 0.3) is 5.91 Å². The number of ether oxygens (including phenoxy) is 2. The lowest BCUT2D eigenvalue weighted by atomic mass is 10.1. The molecule has 0 saturated carbocycles. The summed E-state index contributed by atoms with van der Waals surface area (Å²) in [6.45, 7) is 6.86. The number of hydrogen-bond acceptors (Lipinski definition) is 5. The molecule has 3 rings (SSSR count). The predicted molar refractivity (Wildman–Crippen MR) is 115 cm³/mol. The van der Waals surface area contributed by atoms with Gasteiger partial charge in [0.05, 0.1) is 25.4 Å². The van der Waals surface area contributed by atoms with Gasteiger partial charge < -0.3 is 14.8 Å². The van der Waals surface area contributed by atoms with Crippen molar-refractivity contribution in [1.82, 2.24) is 20.1 Å². The molecule has 1 amide bonds. The molecule has 1 aromatic heterocycles. The zero-order valence-corrected chi connectivity index (χ0v) is 17.8. The SMILES string of the molecule is COc1cc(C(=O)NC(C)c2ccc(-n3cncn3)cc2)ccc1OCCC(C)C. The molecule has 0 aliphatic carbocycles. The number of nitrogens with zero attached hydrogens (tertiary/aromatic N) is 3. The Balaban J connectivity index is 1.64. The van der Waals surface area contributed by atoms with Crippen LogP contribution in [0.15, 0.2) is 55.1 Å². The van der Waals surface area contributed by atoms with E-state index >= 15 is 0 Å². The zero-order chi connectivity index (χ0) is 21.5. The van der Waals surface area contributed by atoms with Gasteiger partial charge in [-0.2, -0.15) is 5.10 Å². The van der Waals surface area contributed by atoms with Crippen LogP contribution in [0.4, 0.5) is 0 Å². The molecule has 158 valence electrons. The third kappa shape index (κ3) is 5.37. The van der Waals surface area contributed by atoms with Crippen molar-refractivity contribution in [3.8, 4) is 17.2 Å². The van der Waals surface area contributed by atoms with Crippen LogP contribution in [0.25, 0.3) is 5.69 Å². The third-order valence-corrected chi connectivity index (χ3v) is 4.80. The van der Waals surface area contributed by atoms with Crippen molar-refractivity contribution in [2.45, 2.75) is 33.2 Å². The van der Waals surface area contributed by atoms with E-state index in [0.29, 0.717) is 29.6 Å². The molecular weight excluding hydrogens is 380 g/mol. The standard InChI is InChI=1S/C23H28N4O3/c1-16(2)11-12-30-21-10-7-19(13-22(21)29-4)23(28)26-17(3)18-5-8-20(9-6-18)27-15-24-14-25-27/h5-10,13-17H,11-12H2,1-4H3,(H,26,28). The lowest BCUT2D eigenvalue weighted by Crippen LogP contribution is -2.26. The number of methoxy groups -OCH3 is 1. The molecule has 1 N–H and O–H groups in total. The largest absolute Gasteiger partial charge is 0.493 e. The van der Waals surface area contributed by atoms with E-state index in [1.807, 2.05) is 31.2 Å². The average Bonchev–Trinajstić information content (AvgIpc) is 3.28. The van der Waals surface area contributed by atoms with Crippen LogP contribution >= 0.6 is 0 Å². The fourth-order valence-corrected chi connectivity index (χ4v) is 2.95. The second-order valence-corrected chi connectivity index (χ2v) is 7.52. The molecule has 7 nitrogen and oxygen atoms in total. The molecular formula is C23H28N4O3. The lowest BCUT2D eigenvalue weighted by molar-refractivity contribution is 0.0939. The van der Waals surface area contributed by atoms with E-state index in [-0.39, 0.29) is 11.9 Å². The second kappa shape index (κ2) is 9.91. The number of rotatable bonds is 9. The van der Waals surface area contributed by atoms with E-state index < -0.39 is 0 Å². The maximum absolute atomic E-state index is 12.7. The fourth-order valence-electron chi connectivity index (χ4n) is 2.95. The molecule has 7 heteroatoms. The highest BCUT2D eigenvalue weighted by atomic mass is 16.5. The Morgan fingerprint density at radius 3 is 2.50 bits per heavy atom. The van der Waals surface area contributed by atoms with E-state index in [4.69, 9.17) is 9.47 Å². The first kappa shape index (κ1) is 21.4. The van der Waals surface area contributed by atoms with Crippen molar-refractivity contribution in [2.24, 2.45) is 5.92 Å². The summed E-state index contributed by atoms with van der Waals surface area (Å²) in [6.07, 6.45) is 4.09. The van der Waals surface area contributed by atoms with E-state index in [0.717, 1.165) is 17.7 Å². The highest BCUT2D eigenvalue weighted by Gasteiger charge is 2.15. The highest BCUT2D eigenvalue weighted by molar-refractivity contribution is 5.95. The first-order valence-corrected chi connectivity index (χ1v) is 10.0. The lowest BCUT2D eigenvalue weighted by Gasteiger charge is -2.16. The molecule has 0 aliphatic rings. The van der Waals surface area contributed by atoms with Gasteiger partial charge in [-0.05, 0) is 55.2 Å². The molecule has 1 atom stereocenters. The van der Waals surface area contributed by atoms with E-state index in [1.165, 1.54) is 6.33 Å². The quantitative estimate of drug-likeness (QED) is 0.574. The molecule has 1 heterocycles. The first-order chi connectivity index (χ1) is 14.5. The Morgan fingerprint density at radius 1 is 1.10 bits per heavy atom. The van der Waals surface area contributed by atoms with Crippen LogP contribution in [0, 0.1) is 5.92 Å². The van der Waals surface area contributed by atoms with Crippen LogP contribution in [0.5, 0.6) is 11.5 Å². The molecule has 0 radical (unpaired) electrons. The number of carbonyl (C=O) groups excluding carboxylic acids is 1. The van der Waals surface area contributed by atoms with Gasteiger partial charge in [0.2, 0.25) is 0 Å². The monoisotopic (exact) mass is 408 g/mol. The van der Waals surface area contributed by atoms with Crippen LogP contribution in [0.3, 0.4) is 0 Å². The maximum atomic E-state index is 12.7. The number of carbonyl (C=O) groups is 1. The third-order valence-electron chi connectivity index (χ3n) is 4.80. The van der Waals surface area contributed by atoms with Crippen molar-refractivity contribution in [3.05, 3.63) is 66.2 Å². The number of amides is 1. The van der Waals surface area contributed by atoms with Gasteiger partial charge in [0.15, 0.2) is 11.5 Å². The first-order valence-electron chi connectivity index (χ1n) is 10.0. The van der Waals surface area contributed by atoms with Gasteiger partial charge in [0, 0.05) is 5.56 Å². The Bertz CT molecular complexity index is 953. The van der Waals surface area contributed by atoms with Gasteiger partial charge in [0.1, 0.15) is 12.7 Å². The molecule has 0 aliphatic heterocycles. The summed E-state index contributed by atoms with van der Waals surface area (Å²) in [5.74, 6) is 1.59. The average molecular weight is 409 g/mol. The number of benzene rings is 2. The van der Waals surface area contributed by atoms with Gasteiger partial charge in [-0.15, -0.1) is 0 Å². The summed E-state index contributed by atoms with van der Waals surface area (Å²) in [6, 6.07) is 12.9. The van der Waals surface area contributed by atoms with E-state index in [1.54, 1.807) is 36.3 Å². The fraction of sp³-hybridized carbons (Fsp3) is 0.348. The van der Waals surface area contributed by atoms with Crippen LogP contribution in [-0.4, -0.2) is 34.4 Å². The smallest absolute Gasteiger partial charge is 0.251 e. The van der Waals surface area contributed by atoms with Crippen LogP contribution in [0.2, 0.25) is 0 Å². The normalized spacial score (nSPS) is 11.9. The number of hydrogen-bond donors (Lipinski definition) is 1. The van der Waals surface area contributed by atoms with Gasteiger partial charge in [-0.25, -0.2) is 9.67 Å². The van der Waals surface area contributed by atoms with Crippen LogP contribution < -0.4 is 14.8 Å². The predicted octanol–water partition coefficient (Wildman–Crippen LogP) is 4.19.